The molecular formula is C8H12O3. The van der Waals surface area contributed by atoms with Crippen LogP contribution in [0.1, 0.15) is 12.8 Å². The van der Waals surface area contributed by atoms with Gasteiger partial charge in [-0.3, -0.25) is 4.79 Å². The van der Waals surface area contributed by atoms with Crippen molar-refractivity contribution >= 4 is 5.97 Å². The highest BCUT2D eigenvalue weighted by molar-refractivity contribution is 5.72. The number of aliphatic hydroxyl groups is 1. The summed E-state index contributed by atoms with van der Waals surface area (Å²) in [6, 6.07) is 0. The second-order valence-corrected chi connectivity index (χ2v) is 2.69. The number of carbonyl (C=O) groups excluding carboxylic acids is 1. The van der Waals surface area contributed by atoms with Crippen LogP contribution in [0.3, 0.4) is 0 Å². The Kier molecular flexibility index (Phi) is 2.65. The summed E-state index contributed by atoms with van der Waals surface area (Å²) >= 11 is 0. The van der Waals surface area contributed by atoms with Gasteiger partial charge in [0.1, 0.15) is 0 Å². The first kappa shape index (κ1) is 8.27. The Bertz CT molecular complexity index is 174. The second kappa shape index (κ2) is 3.53. The number of hydrogen-bond donors (Lipinski definition) is 1. The van der Waals surface area contributed by atoms with Gasteiger partial charge in [-0.15, -0.1) is 0 Å². The van der Waals surface area contributed by atoms with Gasteiger partial charge in [-0.25, -0.2) is 0 Å². The largest absolute Gasteiger partial charge is 0.469 e. The van der Waals surface area contributed by atoms with Crippen molar-refractivity contribution in [1.82, 2.24) is 0 Å². The maximum absolute atomic E-state index is 10.9. The molecule has 0 radical (unpaired) electrons. The molecule has 62 valence electrons. The lowest BCUT2D eigenvalue weighted by Crippen LogP contribution is -2.23. The molecule has 3 nitrogen and oxygen atoms in total. The zero-order chi connectivity index (χ0) is 8.27. The van der Waals surface area contributed by atoms with Crippen LogP contribution in [0.5, 0.6) is 0 Å². The standard InChI is InChI=1S/C8H12O3/c1-11-8(10)6-3-2-4-7(9)5-6/h2,4,6-7,9H,3,5H2,1H3/t6-,7+/m1/s1. The molecule has 0 saturated heterocycles. The molecule has 3 heteroatoms. The summed E-state index contributed by atoms with van der Waals surface area (Å²) in [4.78, 5) is 10.9. The van der Waals surface area contributed by atoms with Crippen molar-refractivity contribution in [3.05, 3.63) is 12.2 Å². The number of allylic oxidation sites excluding steroid dienone is 1. The lowest BCUT2D eigenvalue weighted by Gasteiger charge is -2.18. The van der Waals surface area contributed by atoms with Crippen molar-refractivity contribution in [3.63, 3.8) is 0 Å². The van der Waals surface area contributed by atoms with Crippen LogP contribution in [0.2, 0.25) is 0 Å². The Balaban J connectivity index is 2.49. The molecule has 2 atom stereocenters. The molecule has 0 aromatic heterocycles. The quantitative estimate of drug-likeness (QED) is 0.444. The van der Waals surface area contributed by atoms with E-state index in [-0.39, 0.29) is 11.9 Å². The van der Waals surface area contributed by atoms with E-state index in [1.165, 1.54) is 7.11 Å². The molecular weight excluding hydrogens is 144 g/mol. The minimum atomic E-state index is -0.479. The number of ether oxygens (including phenoxy) is 1. The lowest BCUT2D eigenvalue weighted by atomic mass is 9.93. The van der Waals surface area contributed by atoms with Crippen LogP contribution in [-0.4, -0.2) is 24.3 Å². The highest BCUT2D eigenvalue weighted by Gasteiger charge is 2.23. The first-order valence-electron chi connectivity index (χ1n) is 3.66. The summed E-state index contributed by atoms with van der Waals surface area (Å²) in [5.74, 6) is -0.381. The molecule has 0 unspecified atom stereocenters. The fourth-order valence-corrected chi connectivity index (χ4v) is 1.23. The van der Waals surface area contributed by atoms with E-state index in [2.05, 4.69) is 4.74 Å². The first-order chi connectivity index (χ1) is 5.24. The third-order valence-corrected chi connectivity index (χ3v) is 1.84. The third-order valence-electron chi connectivity index (χ3n) is 1.84. The Morgan fingerprint density at radius 2 is 2.45 bits per heavy atom. The average molecular weight is 156 g/mol. The zero-order valence-electron chi connectivity index (χ0n) is 6.49. The van der Waals surface area contributed by atoms with Crippen molar-refractivity contribution in [1.29, 1.82) is 0 Å². The van der Waals surface area contributed by atoms with E-state index in [9.17, 15) is 4.79 Å². The summed E-state index contributed by atoms with van der Waals surface area (Å²) in [5.41, 5.74) is 0. The number of hydrogen-bond acceptors (Lipinski definition) is 3. The third kappa shape index (κ3) is 2.05. The number of esters is 1. The summed E-state index contributed by atoms with van der Waals surface area (Å²) in [6.45, 7) is 0. The van der Waals surface area contributed by atoms with E-state index in [1.807, 2.05) is 6.08 Å². The average Bonchev–Trinajstić information content (AvgIpc) is 2.03. The Morgan fingerprint density at radius 1 is 1.73 bits per heavy atom. The molecule has 0 aromatic rings. The predicted molar refractivity (Wildman–Crippen MR) is 39.9 cm³/mol. The second-order valence-electron chi connectivity index (χ2n) is 2.69. The van der Waals surface area contributed by atoms with Crippen LogP contribution in [0.15, 0.2) is 12.2 Å². The van der Waals surface area contributed by atoms with E-state index in [1.54, 1.807) is 6.08 Å². The maximum Gasteiger partial charge on any atom is 0.309 e. The number of aliphatic hydroxyl groups excluding tert-OH is 1. The molecule has 0 amide bonds. The Morgan fingerprint density at radius 3 is 3.00 bits per heavy atom. The molecule has 1 rings (SSSR count). The minimum Gasteiger partial charge on any atom is -0.469 e. The predicted octanol–water partition coefficient (Wildman–Crippen LogP) is 0.486. The topological polar surface area (TPSA) is 46.5 Å². The van der Waals surface area contributed by atoms with E-state index in [0.29, 0.717) is 12.8 Å². The molecule has 1 aliphatic carbocycles. The molecule has 0 heterocycles. The monoisotopic (exact) mass is 156 g/mol. The molecule has 0 saturated carbocycles. The number of methoxy groups -OCH3 is 1. The van der Waals surface area contributed by atoms with Crippen molar-refractivity contribution in [2.75, 3.05) is 7.11 Å². The van der Waals surface area contributed by atoms with Gasteiger partial charge in [0, 0.05) is 0 Å². The molecule has 0 fully saturated rings. The van der Waals surface area contributed by atoms with Crippen LogP contribution in [0.4, 0.5) is 0 Å². The van der Waals surface area contributed by atoms with Crippen molar-refractivity contribution in [2.24, 2.45) is 5.92 Å². The van der Waals surface area contributed by atoms with Gasteiger partial charge in [-0.2, -0.15) is 0 Å². The van der Waals surface area contributed by atoms with Crippen LogP contribution in [0.25, 0.3) is 0 Å². The highest BCUT2D eigenvalue weighted by atomic mass is 16.5. The highest BCUT2D eigenvalue weighted by Crippen LogP contribution is 2.19. The van der Waals surface area contributed by atoms with Crippen molar-refractivity contribution in [2.45, 2.75) is 18.9 Å². The Hall–Kier alpha value is -0.830. The first-order valence-corrected chi connectivity index (χ1v) is 3.66. The molecule has 0 aliphatic heterocycles. The zero-order valence-corrected chi connectivity index (χ0v) is 6.49. The smallest absolute Gasteiger partial charge is 0.309 e. The Labute approximate surface area is 65.7 Å². The van der Waals surface area contributed by atoms with E-state index in [4.69, 9.17) is 5.11 Å². The van der Waals surface area contributed by atoms with Gasteiger partial charge in [0.05, 0.1) is 19.1 Å². The van der Waals surface area contributed by atoms with E-state index >= 15 is 0 Å². The molecule has 0 aromatic carbocycles. The van der Waals surface area contributed by atoms with Crippen LogP contribution < -0.4 is 0 Å². The lowest BCUT2D eigenvalue weighted by molar-refractivity contribution is -0.146. The van der Waals surface area contributed by atoms with Crippen LogP contribution >= 0.6 is 0 Å². The fourth-order valence-electron chi connectivity index (χ4n) is 1.23. The fraction of sp³-hybridized carbons (Fsp3) is 0.625. The molecule has 1 aliphatic rings. The minimum absolute atomic E-state index is 0.153. The summed E-state index contributed by atoms with van der Waals surface area (Å²) in [5, 5.41) is 9.13. The van der Waals surface area contributed by atoms with Gasteiger partial charge in [-0.05, 0) is 12.8 Å². The van der Waals surface area contributed by atoms with Gasteiger partial charge in [0.15, 0.2) is 0 Å². The van der Waals surface area contributed by atoms with Crippen molar-refractivity contribution < 1.29 is 14.6 Å². The summed E-state index contributed by atoms with van der Waals surface area (Å²) < 4.78 is 4.55. The summed E-state index contributed by atoms with van der Waals surface area (Å²) in [7, 11) is 1.37. The maximum atomic E-state index is 10.9. The summed E-state index contributed by atoms with van der Waals surface area (Å²) in [6.07, 6.45) is 4.22. The van der Waals surface area contributed by atoms with Gasteiger partial charge >= 0.3 is 5.97 Å². The number of rotatable bonds is 1. The molecule has 0 bridgehead atoms. The van der Waals surface area contributed by atoms with Crippen molar-refractivity contribution in [3.8, 4) is 0 Å². The number of carbonyl (C=O) groups is 1. The van der Waals surface area contributed by atoms with E-state index in [0.717, 1.165) is 0 Å². The molecule has 11 heavy (non-hydrogen) atoms. The van der Waals surface area contributed by atoms with Gasteiger partial charge in [-0.1, -0.05) is 12.2 Å². The van der Waals surface area contributed by atoms with Gasteiger partial charge in [0.25, 0.3) is 0 Å². The normalized spacial score (nSPS) is 30.0. The van der Waals surface area contributed by atoms with E-state index < -0.39 is 6.10 Å². The van der Waals surface area contributed by atoms with Crippen LogP contribution in [-0.2, 0) is 9.53 Å². The van der Waals surface area contributed by atoms with Gasteiger partial charge in [0.2, 0.25) is 0 Å². The molecule has 0 spiro atoms. The molecule has 1 N–H and O–H groups in total. The SMILES string of the molecule is COC(=O)[C@@H]1CC=C[C@H](O)C1. The van der Waals surface area contributed by atoms with Gasteiger partial charge < -0.3 is 9.84 Å². The van der Waals surface area contributed by atoms with Crippen LogP contribution in [0, 0.1) is 5.92 Å².